The molecule has 0 spiro atoms. The van der Waals surface area contributed by atoms with E-state index < -0.39 is 5.97 Å². The maximum absolute atomic E-state index is 12.3. The van der Waals surface area contributed by atoms with Crippen LogP contribution in [0.1, 0.15) is 22.8 Å². The predicted molar refractivity (Wildman–Crippen MR) is 122 cm³/mol. The van der Waals surface area contributed by atoms with Crippen molar-refractivity contribution in [2.24, 2.45) is 0 Å². The van der Waals surface area contributed by atoms with Crippen molar-refractivity contribution in [3.05, 3.63) is 84.2 Å². The highest BCUT2D eigenvalue weighted by molar-refractivity contribution is 5.98. The van der Waals surface area contributed by atoms with E-state index in [1.165, 1.54) is 7.11 Å². The molecule has 3 aromatic carbocycles. The molecule has 0 unspecified atom stereocenters. The SMILES string of the molecule is CCOC(=O)c1ccc(-n2cc(C#N)c(-c3cccc4ccccc34)c2)cc1OCOC. The van der Waals surface area contributed by atoms with Gasteiger partial charge in [-0.15, -0.1) is 0 Å². The Morgan fingerprint density at radius 3 is 2.62 bits per heavy atom. The zero-order valence-corrected chi connectivity index (χ0v) is 17.9. The quantitative estimate of drug-likeness (QED) is 0.295. The number of methoxy groups -OCH3 is 1. The summed E-state index contributed by atoms with van der Waals surface area (Å²) in [5.41, 5.74) is 3.42. The molecule has 4 rings (SSSR count). The summed E-state index contributed by atoms with van der Waals surface area (Å²) in [6.07, 6.45) is 3.69. The Hall–Kier alpha value is -4.08. The number of benzene rings is 3. The maximum Gasteiger partial charge on any atom is 0.341 e. The first-order chi connectivity index (χ1) is 15.7. The number of carbonyl (C=O) groups is 1. The van der Waals surface area contributed by atoms with Crippen LogP contribution in [0.2, 0.25) is 0 Å². The van der Waals surface area contributed by atoms with Crippen molar-refractivity contribution in [2.45, 2.75) is 6.92 Å². The number of nitriles is 1. The van der Waals surface area contributed by atoms with Crippen LogP contribution in [0.15, 0.2) is 73.1 Å². The Kier molecular flexibility index (Phi) is 6.20. The summed E-state index contributed by atoms with van der Waals surface area (Å²) in [6.45, 7) is 2.01. The van der Waals surface area contributed by atoms with Crippen molar-refractivity contribution in [1.29, 1.82) is 5.26 Å². The van der Waals surface area contributed by atoms with E-state index in [-0.39, 0.29) is 13.4 Å². The molecule has 0 saturated carbocycles. The van der Waals surface area contributed by atoms with E-state index in [0.717, 1.165) is 27.6 Å². The number of fused-ring (bicyclic) bond motifs is 1. The smallest absolute Gasteiger partial charge is 0.341 e. The third-order valence-corrected chi connectivity index (χ3v) is 5.12. The van der Waals surface area contributed by atoms with Gasteiger partial charge in [-0.25, -0.2) is 4.79 Å². The highest BCUT2D eigenvalue weighted by Crippen LogP contribution is 2.33. The first-order valence-electron chi connectivity index (χ1n) is 10.2. The van der Waals surface area contributed by atoms with Gasteiger partial charge < -0.3 is 18.8 Å². The minimum atomic E-state index is -0.466. The number of esters is 1. The lowest BCUT2D eigenvalue weighted by Crippen LogP contribution is -2.10. The van der Waals surface area contributed by atoms with Crippen LogP contribution in [-0.2, 0) is 9.47 Å². The summed E-state index contributed by atoms with van der Waals surface area (Å²) >= 11 is 0. The summed E-state index contributed by atoms with van der Waals surface area (Å²) < 4.78 is 17.6. The Balaban J connectivity index is 1.80. The molecule has 0 amide bonds. The summed E-state index contributed by atoms with van der Waals surface area (Å²) in [5.74, 6) is -0.117. The second kappa shape index (κ2) is 9.38. The molecule has 4 aromatic rings. The number of hydrogen-bond acceptors (Lipinski definition) is 5. The molecule has 0 bridgehead atoms. The van der Waals surface area contributed by atoms with Crippen molar-refractivity contribution in [3.8, 4) is 28.6 Å². The largest absolute Gasteiger partial charge is 0.467 e. The molecule has 0 aliphatic heterocycles. The maximum atomic E-state index is 12.3. The van der Waals surface area contributed by atoms with Gasteiger partial charge in [-0.3, -0.25) is 0 Å². The zero-order valence-electron chi connectivity index (χ0n) is 17.9. The van der Waals surface area contributed by atoms with Crippen LogP contribution in [0.5, 0.6) is 5.75 Å². The molecular weight excluding hydrogens is 404 g/mol. The lowest BCUT2D eigenvalue weighted by atomic mass is 9.98. The zero-order chi connectivity index (χ0) is 22.5. The molecule has 32 heavy (non-hydrogen) atoms. The van der Waals surface area contributed by atoms with Crippen LogP contribution in [0.25, 0.3) is 27.6 Å². The van der Waals surface area contributed by atoms with Crippen LogP contribution in [0.3, 0.4) is 0 Å². The van der Waals surface area contributed by atoms with E-state index in [4.69, 9.17) is 14.2 Å². The van der Waals surface area contributed by atoms with Crippen molar-refractivity contribution >= 4 is 16.7 Å². The third-order valence-electron chi connectivity index (χ3n) is 5.12. The second-order valence-electron chi connectivity index (χ2n) is 7.08. The topological polar surface area (TPSA) is 73.5 Å². The van der Waals surface area contributed by atoms with E-state index in [2.05, 4.69) is 18.2 Å². The average molecular weight is 426 g/mol. The van der Waals surface area contributed by atoms with Gasteiger partial charge in [-0.2, -0.15) is 5.26 Å². The highest BCUT2D eigenvalue weighted by Gasteiger charge is 2.17. The van der Waals surface area contributed by atoms with Crippen molar-refractivity contribution < 1.29 is 19.0 Å². The van der Waals surface area contributed by atoms with Crippen LogP contribution >= 0.6 is 0 Å². The fraction of sp³-hybridized carbons (Fsp3) is 0.154. The number of carbonyl (C=O) groups excluding carboxylic acids is 1. The van der Waals surface area contributed by atoms with Crippen LogP contribution in [0, 0.1) is 11.3 Å². The molecule has 0 atom stereocenters. The summed E-state index contributed by atoms with van der Waals surface area (Å²) in [7, 11) is 1.51. The van der Waals surface area contributed by atoms with Crippen molar-refractivity contribution in [1.82, 2.24) is 4.57 Å². The lowest BCUT2D eigenvalue weighted by Gasteiger charge is -2.12. The molecule has 0 N–H and O–H groups in total. The van der Waals surface area contributed by atoms with Crippen molar-refractivity contribution in [3.63, 3.8) is 0 Å². The molecule has 1 aromatic heterocycles. The Labute approximate surface area is 186 Å². The summed E-state index contributed by atoms with van der Waals surface area (Å²) in [4.78, 5) is 12.3. The third kappa shape index (κ3) is 4.07. The molecule has 6 nitrogen and oxygen atoms in total. The molecule has 0 radical (unpaired) electrons. The Bertz CT molecular complexity index is 1310. The molecule has 0 aliphatic carbocycles. The highest BCUT2D eigenvalue weighted by atomic mass is 16.7. The number of rotatable bonds is 7. The molecule has 0 saturated heterocycles. The van der Waals surface area contributed by atoms with Crippen LogP contribution < -0.4 is 4.74 Å². The number of hydrogen-bond donors (Lipinski definition) is 0. The van der Waals surface area contributed by atoms with Gasteiger partial charge in [0.15, 0.2) is 6.79 Å². The fourth-order valence-corrected chi connectivity index (χ4v) is 3.66. The van der Waals surface area contributed by atoms with Gasteiger partial charge in [0.1, 0.15) is 17.4 Å². The summed E-state index contributed by atoms with van der Waals surface area (Å²) in [6, 6.07) is 21.6. The van der Waals surface area contributed by atoms with Crippen molar-refractivity contribution in [2.75, 3.05) is 20.5 Å². The number of nitrogens with zero attached hydrogens (tertiary/aromatic N) is 2. The first kappa shape index (κ1) is 21.2. The molecule has 0 aliphatic rings. The lowest BCUT2D eigenvalue weighted by molar-refractivity contribution is 0.0438. The summed E-state index contributed by atoms with van der Waals surface area (Å²) in [5, 5.41) is 12.0. The van der Waals surface area contributed by atoms with Gasteiger partial charge in [-0.1, -0.05) is 42.5 Å². The molecular formula is C26H22N2O4. The molecule has 0 fully saturated rings. The van der Waals surface area contributed by atoms with E-state index in [1.54, 1.807) is 31.3 Å². The second-order valence-corrected chi connectivity index (χ2v) is 7.08. The van der Waals surface area contributed by atoms with Crippen LogP contribution in [0.4, 0.5) is 0 Å². The van der Waals surface area contributed by atoms with Gasteiger partial charge in [-0.05, 0) is 35.4 Å². The van der Waals surface area contributed by atoms with E-state index in [1.807, 2.05) is 41.1 Å². The van der Waals surface area contributed by atoms with E-state index >= 15 is 0 Å². The first-order valence-corrected chi connectivity index (χ1v) is 10.2. The Morgan fingerprint density at radius 1 is 1.03 bits per heavy atom. The number of ether oxygens (including phenoxy) is 3. The number of aromatic nitrogens is 1. The van der Waals surface area contributed by atoms with Gasteiger partial charge in [0.05, 0.1) is 12.2 Å². The molecule has 1 heterocycles. The average Bonchev–Trinajstić information content (AvgIpc) is 3.26. The minimum absolute atomic E-state index is 0.00770. The van der Waals surface area contributed by atoms with Gasteiger partial charge in [0, 0.05) is 36.8 Å². The molecule has 6 heteroatoms. The fourth-order valence-electron chi connectivity index (χ4n) is 3.66. The standard InChI is InChI=1S/C26H22N2O4/c1-3-31-26(29)23-12-11-20(13-25(23)32-17-30-2)28-15-19(14-27)24(16-28)22-10-6-8-18-7-4-5-9-21(18)22/h4-13,15-16H,3,17H2,1-2H3. The van der Waals surface area contributed by atoms with Gasteiger partial charge in [0.25, 0.3) is 0 Å². The predicted octanol–water partition coefficient (Wildman–Crippen LogP) is 5.33. The van der Waals surface area contributed by atoms with Gasteiger partial charge in [0.2, 0.25) is 0 Å². The minimum Gasteiger partial charge on any atom is -0.467 e. The molecule has 160 valence electrons. The van der Waals surface area contributed by atoms with Crippen LogP contribution in [-0.4, -0.2) is 31.0 Å². The van der Waals surface area contributed by atoms with E-state index in [9.17, 15) is 10.1 Å². The van der Waals surface area contributed by atoms with E-state index in [0.29, 0.717) is 16.9 Å². The monoisotopic (exact) mass is 426 g/mol. The van der Waals surface area contributed by atoms with Gasteiger partial charge >= 0.3 is 5.97 Å². The normalized spacial score (nSPS) is 10.7. The Morgan fingerprint density at radius 2 is 1.84 bits per heavy atom.